The van der Waals surface area contributed by atoms with Crippen LogP contribution in [0.15, 0.2) is 18.2 Å². The second-order valence-corrected chi connectivity index (χ2v) is 6.03. The predicted octanol–water partition coefficient (Wildman–Crippen LogP) is 2.64. The molecule has 0 spiro atoms. The fraction of sp³-hybridized carbons (Fsp3) is 0.462. The highest BCUT2D eigenvalue weighted by Gasteiger charge is 2.10. The highest BCUT2D eigenvalue weighted by Crippen LogP contribution is 2.18. The van der Waals surface area contributed by atoms with Crippen molar-refractivity contribution in [3.05, 3.63) is 34.6 Å². The number of hydrogen-bond donors (Lipinski definition) is 1. The van der Waals surface area contributed by atoms with E-state index in [0.717, 1.165) is 12.8 Å². The van der Waals surface area contributed by atoms with Crippen molar-refractivity contribution in [2.24, 2.45) is 0 Å². The molecule has 3 nitrogen and oxygen atoms in total. The van der Waals surface area contributed by atoms with Crippen LogP contribution in [0.1, 0.15) is 25.3 Å². The number of nitrogens with one attached hydrogen (secondary N) is 1. The lowest BCUT2D eigenvalue weighted by Crippen LogP contribution is -2.29. The fourth-order valence-corrected chi connectivity index (χ4v) is 2.87. The molecule has 19 heavy (non-hydrogen) atoms. The standard InChI is InChI=1S/C13H17ClFNO2S/c1-2-3-6-16-13(17)9-19(18)8-10-4-5-11(15)7-12(10)14/h4-5,7H,2-3,6,8-9H2,1H3,(H,16,17). The predicted molar refractivity (Wildman–Crippen MR) is 76.0 cm³/mol. The zero-order valence-electron chi connectivity index (χ0n) is 10.7. The summed E-state index contributed by atoms with van der Waals surface area (Å²) in [6.45, 7) is 2.63. The molecule has 1 unspecified atom stereocenters. The Morgan fingerprint density at radius 1 is 1.47 bits per heavy atom. The molecule has 0 bridgehead atoms. The Hall–Kier alpha value is -0.940. The minimum Gasteiger partial charge on any atom is -0.355 e. The van der Waals surface area contributed by atoms with Crippen LogP contribution in [0.25, 0.3) is 0 Å². The molecule has 6 heteroatoms. The molecule has 1 N–H and O–H groups in total. The van der Waals surface area contributed by atoms with E-state index in [1.54, 1.807) is 0 Å². The Kier molecular flexibility index (Phi) is 7.02. The summed E-state index contributed by atoms with van der Waals surface area (Å²) in [5.74, 6) is -0.570. The maximum absolute atomic E-state index is 12.8. The van der Waals surface area contributed by atoms with Gasteiger partial charge in [-0.05, 0) is 24.1 Å². The number of carbonyl (C=O) groups is 1. The van der Waals surface area contributed by atoms with E-state index in [4.69, 9.17) is 11.6 Å². The fourth-order valence-electron chi connectivity index (χ4n) is 1.47. The lowest BCUT2D eigenvalue weighted by atomic mass is 10.2. The number of rotatable bonds is 7. The van der Waals surface area contributed by atoms with Gasteiger partial charge < -0.3 is 5.32 Å². The quantitative estimate of drug-likeness (QED) is 0.787. The van der Waals surface area contributed by atoms with Crippen molar-refractivity contribution in [3.63, 3.8) is 0 Å². The lowest BCUT2D eigenvalue weighted by molar-refractivity contribution is -0.118. The summed E-state index contributed by atoms with van der Waals surface area (Å²) in [5.41, 5.74) is 0.586. The van der Waals surface area contributed by atoms with E-state index in [1.807, 2.05) is 6.92 Å². The van der Waals surface area contributed by atoms with Gasteiger partial charge in [0.15, 0.2) is 0 Å². The minimum absolute atomic E-state index is 0.0581. The van der Waals surface area contributed by atoms with Gasteiger partial charge in [-0.2, -0.15) is 0 Å². The van der Waals surface area contributed by atoms with Gasteiger partial charge in [-0.3, -0.25) is 9.00 Å². The van der Waals surface area contributed by atoms with E-state index in [-0.39, 0.29) is 22.4 Å². The Bertz CT molecular complexity index is 468. The summed E-state index contributed by atoms with van der Waals surface area (Å²) >= 11 is 5.84. The summed E-state index contributed by atoms with van der Waals surface area (Å²) in [5, 5.41) is 2.93. The second kappa shape index (κ2) is 8.27. The van der Waals surface area contributed by atoms with Crippen molar-refractivity contribution in [2.75, 3.05) is 12.3 Å². The average Bonchev–Trinajstić information content (AvgIpc) is 2.33. The number of amides is 1. The van der Waals surface area contributed by atoms with Gasteiger partial charge in [-0.15, -0.1) is 0 Å². The molecule has 1 aromatic carbocycles. The molecule has 0 radical (unpaired) electrons. The number of halogens is 2. The number of unbranched alkanes of at least 4 members (excludes halogenated alkanes) is 1. The van der Waals surface area contributed by atoms with Crippen molar-refractivity contribution >= 4 is 28.3 Å². The molecule has 0 heterocycles. The summed E-state index contributed by atoms with van der Waals surface area (Å²) < 4.78 is 24.6. The summed E-state index contributed by atoms with van der Waals surface area (Å²) in [7, 11) is -1.34. The number of carbonyl (C=O) groups excluding carboxylic acids is 1. The van der Waals surface area contributed by atoms with Gasteiger partial charge in [0, 0.05) is 22.4 Å². The Morgan fingerprint density at radius 2 is 2.21 bits per heavy atom. The van der Waals surface area contributed by atoms with Gasteiger partial charge in [0.05, 0.1) is 5.75 Å². The van der Waals surface area contributed by atoms with E-state index < -0.39 is 16.6 Å². The Morgan fingerprint density at radius 3 is 2.84 bits per heavy atom. The molecule has 0 fully saturated rings. The van der Waals surface area contributed by atoms with E-state index in [9.17, 15) is 13.4 Å². The Balaban J connectivity index is 2.44. The third kappa shape index (κ3) is 6.16. The zero-order chi connectivity index (χ0) is 14.3. The largest absolute Gasteiger partial charge is 0.355 e. The SMILES string of the molecule is CCCCNC(=O)CS(=O)Cc1ccc(F)cc1Cl. The van der Waals surface area contributed by atoms with E-state index in [1.165, 1.54) is 18.2 Å². The maximum Gasteiger partial charge on any atom is 0.232 e. The highest BCUT2D eigenvalue weighted by molar-refractivity contribution is 7.84. The zero-order valence-corrected chi connectivity index (χ0v) is 12.3. The van der Waals surface area contributed by atoms with Gasteiger partial charge >= 0.3 is 0 Å². The first kappa shape index (κ1) is 16.1. The van der Waals surface area contributed by atoms with Crippen LogP contribution in [0.4, 0.5) is 4.39 Å². The monoisotopic (exact) mass is 305 g/mol. The minimum atomic E-state index is -1.34. The van der Waals surface area contributed by atoms with Crippen molar-refractivity contribution in [1.82, 2.24) is 5.32 Å². The molecule has 1 rings (SSSR count). The van der Waals surface area contributed by atoms with Crippen LogP contribution in [-0.4, -0.2) is 22.4 Å². The van der Waals surface area contributed by atoms with Crippen LogP contribution in [0.5, 0.6) is 0 Å². The molecule has 106 valence electrons. The molecular weight excluding hydrogens is 289 g/mol. The lowest BCUT2D eigenvalue weighted by Gasteiger charge is -2.06. The molecule has 1 aromatic rings. The molecular formula is C13H17ClFNO2S. The van der Waals surface area contributed by atoms with Gasteiger partial charge in [0.1, 0.15) is 11.6 Å². The molecule has 0 aliphatic carbocycles. The van der Waals surface area contributed by atoms with E-state index >= 15 is 0 Å². The second-order valence-electron chi connectivity index (χ2n) is 4.17. The van der Waals surface area contributed by atoms with Crippen LogP contribution in [0.3, 0.4) is 0 Å². The summed E-state index contributed by atoms with van der Waals surface area (Å²) in [4.78, 5) is 11.5. The maximum atomic E-state index is 12.8. The highest BCUT2D eigenvalue weighted by atomic mass is 35.5. The summed E-state index contributed by atoms with van der Waals surface area (Å²) in [6.07, 6.45) is 1.90. The molecule has 1 amide bonds. The molecule has 0 aliphatic heterocycles. The smallest absolute Gasteiger partial charge is 0.232 e. The van der Waals surface area contributed by atoms with Gasteiger partial charge in [-0.25, -0.2) is 4.39 Å². The molecule has 0 saturated carbocycles. The van der Waals surface area contributed by atoms with Crippen molar-refractivity contribution in [1.29, 1.82) is 0 Å². The molecule has 0 aromatic heterocycles. The van der Waals surface area contributed by atoms with Crippen LogP contribution in [-0.2, 0) is 21.3 Å². The van der Waals surface area contributed by atoms with Gasteiger partial charge in [-0.1, -0.05) is 31.0 Å². The summed E-state index contributed by atoms with van der Waals surface area (Å²) in [6, 6.07) is 3.93. The first-order valence-corrected chi connectivity index (χ1v) is 7.95. The van der Waals surface area contributed by atoms with Crippen LogP contribution in [0.2, 0.25) is 5.02 Å². The van der Waals surface area contributed by atoms with E-state index in [0.29, 0.717) is 12.1 Å². The average molecular weight is 306 g/mol. The van der Waals surface area contributed by atoms with E-state index in [2.05, 4.69) is 5.32 Å². The van der Waals surface area contributed by atoms with Gasteiger partial charge in [0.25, 0.3) is 0 Å². The number of benzene rings is 1. The third-order valence-corrected chi connectivity index (χ3v) is 4.05. The van der Waals surface area contributed by atoms with Crippen LogP contribution in [0, 0.1) is 5.82 Å². The van der Waals surface area contributed by atoms with Crippen LogP contribution >= 0.6 is 11.6 Å². The third-order valence-electron chi connectivity index (χ3n) is 2.48. The molecule has 0 aliphatic rings. The molecule has 0 saturated heterocycles. The first-order chi connectivity index (χ1) is 9.02. The van der Waals surface area contributed by atoms with Crippen LogP contribution < -0.4 is 5.32 Å². The number of hydrogen-bond acceptors (Lipinski definition) is 2. The first-order valence-electron chi connectivity index (χ1n) is 6.08. The topological polar surface area (TPSA) is 46.2 Å². The van der Waals surface area contributed by atoms with Crippen molar-refractivity contribution in [2.45, 2.75) is 25.5 Å². The molecule has 1 atom stereocenters. The van der Waals surface area contributed by atoms with Crippen molar-refractivity contribution in [3.8, 4) is 0 Å². The normalized spacial score (nSPS) is 12.2. The van der Waals surface area contributed by atoms with Gasteiger partial charge in [0.2, 0.25) is 5.91 Å². The Labute approximate surface area is 120 Å². The van der Waals surface area contributed by atoms with Crippen molar-refractivity contribution < 1.29 is 13.4 Å².